The van der Waals surface area contributed by atoms with Crippen LogP contribution < -0.4 is 14.5 Å². The van der Waals surface area contributed by atoms with Crippen molar-refractivity contribution in [3.8, 4) is 5.75 Å². The summed E-state index contributed by atoms with van der Waals surface area (Å²) in [6, 6.07) is 8.21. The molecule has 3 aromatic rings. The van der Waals surface area contributed by atoms with Crippen molar-refractivity contribution in [3.63, 3.8) is 0 Å². The van der Waals surface area contributed by atoms with Gasteiger partial charge in [0.15, 0.2) is 5.65 Å². The van der Waals surface area contributed by atoms with Crippen molar-refractivity contribution >= 4 is 22.5 Å². The topological polar surface area (TPSA) is 70.2 Å². The van der Waals surface area contributed by atoms with Crippen LogP contribution in [0.4, 0.5) is 11.5 Å². The summed E-state index contributed by atoms with van der Waals surface area (Å²) in [5, 5.41) is 7.93. The number of rotatable bonds is 3. The zero-order chi connectivity index (χ0) is 15.6. The molecule has 7 nitrogen and oxygen atoms in total. The molecule has 0 saturated carbocycles. The van der Waals surface area contributed by atoms with Gasteiger partial charge in [-0.1, -0.05) is 0 Å². The summed E-state index contributed by atoms with van der Waals surface area (Å²) in [5.41, 5.74) is 2.01. The maximum Gasteiger partial charge on any atom is 0.160 e. The summed E-state index contributed by atoms with van der Waals surface area (Å²) in [4.78, 5) is 13.3. The molecule has 0 spiro atoms. The molecule has 2 aromatic heterocycles. The first-order valence-electron chi connectivity index (χ1n) is 7.63. The van der Waals surface area contributed by atoms with Gasteiger partial charge >= 0.3 is 0 Å². The third-order valence-electron chi connectivity index (χ3n) is 4.24. The number of fused-ring (bicyclic) bond motifs is 1. The monoisotopic (exact) mass is 310 g/mol. The van der Waals surface area contributed by atoms with Gasteiger partial charge in [0.1, 0.15) is 17.9 Å². The molecule has 4 rings (SSSR count). The van der Waals surface area contributed by atoms with Crippen LogP contribution in [0.15, 0.2) is 36.8 Å². The Hall–Kier alpha value is -2.83. The number of hydrogen-bond donors (Lipinski definition) is 1. The lowest BCUT2D eigenvalue weighted by Gasteiger charge is -2.36. The van der Waals surface area contributed by atoms with Gasteiger partial charge in [-0.05, 0) is 24.3 Å². The number of ether oxygens (including phenoxy) is 1. The molecule has 1 aromatic carbocycles. The smallest absolute Gasteiger partial charge is 0.160 e. The quantitative estimate of drug-likeness (QED) is 0.794. The van der Waals surface area contributed by atoms with Crippen LogP contribution in [-0.4, -0.2) is 53.5 Å². The fourth-order valence-electron chi connectivity index (χ4n) is 2.97. The van der Waals surface area contributed by atoms with E-state index in [1.165, 1.54) is 5.69 Å². The molecule has 1 fully saturated rings. The first-order chi connectivity index (χ1) is 11.3. The third-order valence-corrected chi connectivity index (χ3v) is 4.24. The highest BCUT2D eigenvalue weighted by molar-refractivity contribution is 5.86. The van der Waals surface area contributed by atoms with E-state index in [0.29, 0.717) is 0 Å². The lowest BCUT2D eigenvalue weighted by Crippen LogP contribution is -2.46. The van der Waals surface area contributed by atoms with Crippen molar-refractivity contribution in [1.29, 1.82) is 0 Å². The molecule has 1 saturated heterocycles. The van der Waals surface area contributed by atoms with Gasteiger partial charge < -0.3 is 14.5 Å². The molecular weight excluding hydrogens is 292 g/mol. The largest absolute Gasteiger partial charge is 0.497 e. The fourth-order valence-corrected chi connectivity index (χ4v) is 2.97. The third kappa shape index (κ3) is 2.54. The number of anilines is 2. The molecular formula is C16H18N6O. The average Bonchev–Trinajstić information content (AvgIpc) is 3.11. The molecule has 7 heteroatoms. The number of aromatic amines is 1. The molecule has 118 valence electrons. The molecule has 23 heavy (non-hydrogen) atoms. The van der Waals surface area contributed by atoms with E-state index in [4.69, 9.17) is 4.74 Å². The maximum absolute atomic E-state index is 5.21. The van der Waals surface area contributed by atoms with Crippen LogP contribution in [0.3, 0.4) is 0 Å². The number of piperazine rings is 1. The zero-order valence-electron chi connectivity index (χ0n) is 12.9. The number of nitrogens with one attached hydrogen (secondary N) is 1. The van der Waals surface area contributed by atoms with E-state index in [0.717, 1.165) is 48.8 Å². The highest BCUT2D eigenvalue weighted by Gasteiger charge is 2.20. The van der Waals surface area contributed by atoms with Crippen LogP contribution in [-0.2, 0) is 0 Å². The minimum absolute atomic E-state index is 0.785. The van der Waals surface area contributed by atoms with Gasteiger partial charge in [0.2, 0.25) is 0 Å². The second kappa shape index (κ2) is 5.75. The van der Waals surface area contributed by atoms with E-state index in [1.54, 1.807) is 19.6 Å². The summed E-state index contributed by atoms with van der Waals surface area (Å²) in [5.74, 6) is 1.84. The Kier molecular flexibility index (Phi) is 3.45. The predicted molar refractivity (Wildman–Crippen MR) is 89.1 cm³/mol. The number of benzene rings is 1. The molecule has 3 heterocycles. The number of hydrogen-bond acceptors (Lipinski definition) is 6. The summed E-state index contributed by atoms with van der Waals surface area (Å²) in [7, 11) is 1.69. The molecule has 0 bridgehead atoms. The average molecular weight is 310 g/mol. The van der Waals surface area contributed by atoms with Gasteiger partial charge in [-0.3, -0.25) is 5.10 Å². The molecule has 0 atom stereocenters. The lowest BCUT2D eigenvalue weighted by atomic mass is 10.2. The van der Waals surface area contributed by atoms with Crippen molar-refractivity contribution < 1.29 is 4.74 Å². The van der Waals surface area contributed by atoms with Crippen molar-refractivity contribution in [2.45, 2.75) is 0 Å². The van der Waals surface area contributed by atoms with Crippen molar-refractivity contribution in [2.24, 2.45) is 0 Å². The minimum atomic E-state index is 0.785. The van der Waals surface area contributed by atoms with Crippen molar-refractivity contribution in [3.05, 3.63) is 36.8 Å². The van der Waals surface area contributed by atoms with E-state index in [2.05, 4.69) is 42.1 Å². The molecule has 1 aliphatic heterocycles. The maximum atomic E-state index is 5.21. The molecule has 1 N–H and O–H groups in total. The fraction of sp³-hybridized carbons (Fsp3) is 0.312. The summed E-state index contributed by atoms with van der Waals surface area (Å²) >= 11 is 0. The Morgan fingerprint density at radius 1 is 1.00 bits per heavy atom. The second-order valence-corrected chi connectivity index (χ2v) is 5.50. The zero-order valence-corrected chi connectivity index (χ0v) is 12.9. The summed E-state index contributed by atoms with van der Waals surface area (Å²) < 4.78 is 5.21. The number of aromatic nitrogens is 4. The lowest BCUT2D eigenvalue weighted by molar-refractivity contribution is 0.415. The van der Waals surface area contributed by atoms with Crippen molar-refractivity contribution in [2.75, 3.05) is 43.1 Å². The highest BCUT2D eigenvalue weighted by atomic mass is 16.5. The van der Waals surface area contributed by atoms with Crippen LogP contribution >= 0.6 is 0 Å². The van der Waals surface area contributed by atoms with Crippen LogP contribution in [0, 0.1) is 0 Å². The predicted octanol–water partition coefficient (Wildman–Crippen LogP) is 1.69. The Bertz CT molecular complexity index is 792. The Balaban J connectivity index is 1.49. The Labute approximate surface area is 133 Å². The van der Waals surface area contributed by atoms with E-state index in [1.807, 2.05) is 12.1 Å². The van der Waals surface area contributed by atoms with E-state index >= 15 is 0 Å². The van der Waals surface area contributed by atoms with Gasteiger partial charge in [0, 0.05) is 31.9 Å². The van der Waals surface area contributed by atoms with E-state index in [9.17, 15) is 0 Å². The highest BCUT2D eigenvalue weighted by Crippen LogP contribution is 2.25. The molecule has 0 aliphatic carbocycles. The van der Waals surface area contributed by atoms with Gasteiger partial charge in [-0.2, -0.15) is 5.10 Å². The van der Waals surface area contributed by atoms with Gasteiger partial charge in [0.05, 0.1) is 18.7 Å². The molecule has 0 unspecified atom stereocenters. The van der Waals surface area contributed by atoms with Gasteiger partial charge in [0.25, 0.3) is 0 Å². The first-order valence-corrected chi connectivity index (χ1v) is 7.63. The van der Waals surface area contributed by atoms with Crippen LogP contribution in [0.25, 0.3) is 11.0 Å². The normalized spacial score (nSPS) is 15.2. The van der Waals surface area contributed by atoms with Gasteiger partial charge in [-0.25, -0.2) is 9.97 Å². The van der Waals surface area contributed by atoms with E-state index < -0.39 is 0 Å². The summed E-state index contributed by atoms with van der Waals surface area (Å²) in [6.45, 7) is 3.75. The van der Waals surface area contributed by atoms with E-state index in [-0.39, 0.29) is 0 Å². The van der Waals surface area contributed by atoms with Crippen LogP contribution in [0.2, 0.25) is 0 Å². The van der Waals surface area contributed by atoms with Crippen molar-refractivity contribution in [1.82, 2.24) is 20.2 Å². The molecule has 0 radical (unpaired) electrons. The number of H-pyrrole nitrogens is 1. The standard InChI is InChI=1S/C16H18N6O/c1-23-13-4-2-12(3-5-13)21-6-8-22(9-7-21)16-14-10-19-20-15(14)17-11-18-16/h2-5,10-11H,6-9H2,1H3,(H,17,18,19,20). The number of methoxy groups -OCH3 is 1. The SMILES string of the molecule is COc1ccc(N2CCN(c3ncnc4[nH]ncc34)CC2)cc1. The summed E-state index contributed by atoms with van der Waals surface area (Å²) in [6.07, 6.45) is 3.38. The minimum Gasteiger partial charge on any atom is -0.497 e. The van der Waals surface area contributed by atoms with Gasteiger partial charge in [-0.15, -0.1) is 0 Å². The first kappa shape index (κ1) is 13.8. The van der Waals surface area contributed by atoms with Crippen LogP contribution in [0.5, 0.6) is 5.75 Å². The molecule has 1 aliphatic rings. The second-order valence-electron chi connectivity index (χ2n) is 5.50. The molecule has 0 amide bonds. The Morgan fingerprint density at radius 2 is 1.74 bits per heavy atom. The number of nitrogens with zero attached hydrogens (tertiary/aromatic N) is 5. The Morgan fingerprint density at radius 3 is 2.48 bits per heavy atom. The van der Waals surface area contributed by atoms with Crippen LogP contribution in [0.1, 0.15) is 0 Å².